The third kappa shape index (κ3) is 4.63. The molecular formula is C18H34O. The van der Waals surface area contributed by atoms with E-state index < -0.39 is 0 Å². The molecule has 2 bridgehead atoms. The van der Waals surface area contributed by atoms with Crippen molar-refractivity contribution in [1.29, 1.82) is 0 Å². The van der Waals surface area contributed by atoms with Crippen molar-refractivity contribution in [3.63, 3.8) is 0 Å². The first-order valence-electron chi connectivity index (χ1n) is 8.34. The fourth-order valence-electron chi connectivity index (χ4n) is 3.50. The Kier molecular flexibility index (Phi) is 7.13. The minimum atomic E-state index is 0.367. The van der Waals surface area contributed by atoms with E-state index >= 15 is 0 Å². The normalized spacial score (nSPS) is 23.5. The number of hydrogen-bond donors (Lipinski definition) is 1. The van der Waals surface area contributed by atoms with Crippen molar-refractivity contribution in [2.24, 2.45) is 11.3 Å². The van der Waals surface area contributed by atoms with Crippen molar-refractivity contribution >= 4 is 0 Å². The monoisotopic (exact) mass is 266 g/mol. The number of hydrogen-bond acceptors (Lipinski definition) is 1. The SMILES string of the molecule is CC1=C2CC(CC1)C2(C)C.CCCCCCCCO. The Morgan fingerprint density at radius 3 is 2.16 bits per heavy atom. The summed E-state index contributed by atoms with van der Waals surface area (Å²) in [7, 11) is 0. The van der Waals surface area contributed by atoms with E-state index in [2.05, 4.69) is 27.7 Å². The maximum absolute atomic E-state index is 8.42. The second kappa shape index (κ2) is 8.09. The van der Waals surface area contributed by atoms with Gasteiger partial charge in [-0.2, -0.15) is 0 Å². The molecule has 112 valence electrons. The summed E-state index contributed by atoms with van der Waals surface area (Å²) in [5.74, 6) is 1.02. The minimum absolute atomic E-state index is 0.367. The van der Waals surface area contributed by atoms with Crippen molar-refractivity contribution in [1.82, 2.24) is 0 Å². The Hall–Kier alpha value is -0.300. The second-order valence-electron chi connectivity index (χ2n) is 6.91. The molecule has 19 heavy (non-hydrogen) atoms. The van der Waals surface area contributed by atoms with E-state index in [0.717, 1.165) is 12.3 Å². The molecule has 0 aromatic carbocycles. The topological polar surface area (TPSA) is 20.2 Å². The molecule has 1 heteroatoms. The molecule has 1 N–H and O–H groups in total. The maximum atomic E-state index is 8.42. The van der Waals surface area contributed by atoms with E-state index in [1.807, 2.05) is 0 Å². The van der Waals surface area contributed by atoms with E-state index in [1.54, 1.807) is 11.1 Å². The molecule has 0 radical (unpaired) electrons. The Balaban J connectivity index is 0.000000192. The molecule has 0 saturated heterocycles. The average molecular weight is 266 g/mol. The Morgan fingerprint density at radius 2 is 1.74 bits per heavy atom. The van der Waals surface area contributed by atoms with Gasteiger partial charge in [-0.05, 0) is 43.9 Å². The van der Waals surface area contributed by atoms with Crippen LogP contribution < -0.4 is 0 Å². The molecule has 0 amide bonds. The third-order valence-electron chi connectivity index (χ3n) is 5.14. The highest BCUT2D eigenvalue weighted by Gasteiger charge is 2.46. The number of aliphatic hydroxyl groups excluding tert-OH is 1. The van der Waals surface area contributed by atoms with Crippen LogP contribution >= 0.6 is 0 Å². The first-order chi connectivity index (χ1) is 9.04. The zero-order chi connectivity index (χ0) is 14.3. The van der Waals surface area contributed by atoms with Crippen LogP contribution in [0.1, 0.15) is 85.5 Å². The molecule has 1 nitrogen and oxygen atoms in total. The van der Waals surface area contributed by atoms with Gasteiger partial charge in [0.1, 0.15) is 0 Å². The zero-order valence-electron chi connectivity index (χ0n) is 13.6. The van der Waals surface area contributed by atoms with E-state index in [1.165, 1.54) is 51.4 Å². The van der Waals surface area contributed by atoms with E-state index in [0.29, 0.717) is 12.0 Å². The number of rotatable bonds is 6. The van der Waals surface area contributed by atoms with Crippen LogP contribution in [-0.4, -0.2) is 11.7 Å². The molecule has 3 rings (SSSR count). The highest BCUT2D eigenvalue weighted by Crippen LogP contribution is 2.58. The van der Waals surface area contributed by atoms with Gasteiger partial charge in [0, 0.05) is 6.61 Å². The molecule has 0 spiro atoms. The zero-order valence-corrected chi connectivity index (χ0v) is 13.6. The summed E-state index contributed by atoms with van der Waals surface area (Å²) in [5, 5.41) is 8.42. The smallest absolute Gasteiger partial charge is 0.0431 e. The van der Waals surface area contributed by atoms with Crippen molar-refractivity contribution in [3.8, 4) is 0 Å². The number of aliphatic hydroxyl groups is 1. The lowest BCUT2D eigenvalue weighted by Gasteiger charge is -2.52. The maximum Gasteiger partial charge on any atom is 0.0431 e. The van der Waals surface area contributed by atoms with Crippen molar-refractivity contribution in [2.75, 3.05) is 6.61 Å². The summed E-state index contributed by atoms with van der Waals surface area (Å²) in [5.41, 5.74) is 4.04. The molecule has 3 aliphatic rings. The van der Waals surface area contributed by atoms with E-state index in [4.69, 9.17) is 5.11 Å². The van der Waals surface area contributed by atoms with Gasteiger partial charge >= 0.3 is 0 Å². The fraction of sp³-hybridized carbons (Fsp3) is 0.889. The number of unbranched alkanes of at least 4 members (excludes halogenated alkanes) is 5. The molecule has 3 aliphatic carbocycles. The lowest BCUT2D eigenvalue weighted by Crippen LogP contribution is -2.41. The van der Waals surface area contributed by atoms with Crippen molar-refractivity contribution in [3.05, 3.63) is 11.1 Å². The van der Waals surface area contributed by atoms with Gasteiger partial charge in [-0.1, -0.05) is 64.0 Å². The van der Waals surface area contributed by atoms with E-state index in [9.17, 15) is 0 Å². The van der Waals surface area contributed by atoms with Gasteiger partial charge in [-0.15, -0.1) is 0 Å². The Bertz CT molecular complexity index is 282. The number of fused-ring (bicyclic) bond motifs is 2. The van der Waals surface area contributed by atoms with Gasteiger partial charge in [-0.25, -0.2) is 0 Å². The summed E-state index contributed by atoms with van der Waals surface area (Å²) in [4.78, 5) is 0. The van der Waals surface area contributed by atoms with Gasteiger partial charge in [-0.3, -0.25) is 0 Å². The van der Waals surface area contributed by atoms with Gasteiger partial charge in [0.25, 0.3) is 0 Å². The number of allylic oxidation sites excluding steroid dienone is 2. The quantitative estimate of drug-likeness (QED) is 0.498. The van der Waals surface area contributed by atoms with Crippen LogP contribution in [0, 0.1) is 11.3 Å². The lowest BCUT2D eigenvalue weighted by atomic mass is 9.52. The summed E-state index contributed by atoms with van der Waals surface area (Å²) in [6, 6.07) is 0. The summed E-state index contributed by atoms with van der Waals surface area (Å²) in [6.45, 7) is 9.70. The largest absolute Gasteiger partial charge is 0.396 e. The van der Waals surface area contributed by atoms with Crippen LogP contribution in [0.2, 0.25) is 0 Å². The molecule has 0 aromatic rings. The Morgan fingerprint density at radius 1 is 1.11 bits per heavy atom. The van der Waals surface area contributed by atoms with Crippen LogP contribution in [0.25, 0.3) is 0 Å². The van der Waals surface area contributed by atoms with Crippen LogP contribution in [-0.2, 0) is 0 Å². The van der Waals surface area contributed by atoms with Crippen molar-refractivity contribution in [2.45, 2.75) is 85.5 Å². The standard InChI is InChI=1S/C10H16.C8H18O/c1-7-4-5-8-6-9(7)10(8,2)3;1-2-3-4-5-6-7-8-9/h8H,4-6H2,1-3H3;9H,2-8H2,1H3. The van der Waals surface area contributed by atoms with Crippen LogP contribution in [0.5, 0.6) is 0 Å². The summed E-state index contributed by atoms with van der Waals surface area (Å²) in [6.07, 6.45) is 11.7. The molecule has 1 unspecified atom stereocenters. The van der Waals surface area contributed by atoms with Gasteiger partial charge < -0.3 is 5.11 Å². The average Bonchev–Trinajstić information content (AvgIpc) is 2.39. The van der Waals surface area contributed by atoms with Gasteiger partial charge in [0.05, 0.1) is 0 Å². The highest BCUT2D eigenvalue weighted by molar-refractivity contribution is 5.32. The Labute approximate surface area is 120 Å². The minimum Gasteiger partial charge on any atom is -0.396 e. The molecule has 0 aliphatic heterocycles. The van der Waals surface area contributed by atoms with E-state index in [-0.39, 0.29) is 0 Å². The third-order valence-corrected chi connectivity index (χ3v) is 5.14. The molecule has 0 aromatic heterocycles. The predicted molar refractivity (Wildman–Crippen MR) is 84.3 cm³/mol. The van der Waals surface area contributed by atoms with Crippen LogP contribution in [0.4, 0.5) is 0 Å². The van der Waals surface area contributed by atoms with Crippen LogP contribution in [0.15, 0.2) is 11.1 Å². The van der Waals surface area contributed by atoms with Gasteiger partial charge in [0.2, 0.25) is 0 Å². The predicted octanol–water partition coefficient (Wildman–Crippen LogP) is 5.48. The second-order valence-corrected chi connectivity index (χ2v) is 6.91. The molecule has 1 saturated carbocycles. The molecular weight excluding hydrogens is 232 g/mol. The molecule has 0 heterocycles. The molecule has 1 fully saturated rings. The first kappa shape index (κ1) is 16.8. The first-order valence-corrected chi connectivity index (χ1v) is 8.34. The lowest BCUT2D eigenvalue weighted by molar-refractivity contribution is 0.133. The highest BCUT2D eigenvalue weighted by atomic mass is 16.2. The summed E-state index contributed by atoms with van der Waals surface area (Å²) < 4.78 is 0. The molecule has 1 atom stereocenters. The van der Waals surface area contributed by atoms with Crippen LogP contribution in [0.3, 0.4) is 0 Å². The summed E-state index contributed by atoms with van der Waals surface area (Å²) >= 11 is 0. The van der Waals surface area contributed by atoms with Gasteiger partial charge in [0.15, 0.2) is 0 Å². The fourth-order valence-corrected chi connectivity index (χ4v) is 3.50. The van der Waals surface area contributed by atoms with Crippen molar-refractivity contribution < 1.29 is 5.11 Å².